The van der Waals surface area contributed by atoms with E-state index in [0.29, 0.717) is 21.8 Å². The predicted octanol–water partition coefficient (Wildman–Crippen LogP) is 4.76. The van der Waals surface area contributed by atoms with Crippen LogP contribution in [0.15, 0.2) is 66.7 Å². The van der Waals surface area contributed by atoms with E-state index >= 15 is 0 Å². The smallest absolute Gasteiger partial charge is 0.269 e. The Morgan fingerprint density at radius 3 is 2.62 bits per heavy atom. The molecular formula is C25H19ClFN3O4. The van der Waals surface area contributed by atoms with Crippen molar-refractivity contribution < 1.29 is 18.9 Å². The number of halogens is 2. The van der Waals surface area contributed by atoms with Gasteiger partial charge in [-0.05, 0) is 55.1 Å². The molecule has 3 aromatic carbocycles. The number of hydrogen-bond acceptors (Lipinski definition) is 5. The van der Waals surface area contributed by atoms with Crippen molar-refractivity contribution in [3.8, 4) is 0 Å². The van der Waals surface area contributed by atoms with Crippen LogP contribution in [-0.4, -0.2) is 35.1 Å². The van der Waals surface area contributed by atoms with Gasteiger partial charge in [0, 0.05) is 46.4 Å². The number of ketones is 1. The largest absolute Gasteiger partial charge is 0.324 e. The lowest BCUT2D eigenvalue weighted by molar-refractivity contribution is -0.384. The van der Waals surface area contributed by atoms with Crippen LogP contribution in [0.3, 0.4) is 0 Å². The minimum Gasteiger partial charge on any atom is -0.324 e. The highest BCUT2D eigenvalue weighted by Gasteiger charge is 2.64. The zero-order chi connectivity index (χ0) is 24.2. The summed E-state index contributed by atoms with van der Waals surface area (Å²) in [4.78, 5) is 40.4. The molecule has 0 aliphatic carbocycles. The Morgan fingerprint density at radius 1 is 1.18 bits per heavy atom. The lowest BCUT2D eigenvalue weighted by Crippen LogP contribution is -2.51. The van der Waals surface area contributed by atoms with Crippen molar-refractivity contribution in [2.75, 3.05) is 18.9 Å². The average Bonchev–Trinajstić information content (AvgIpc) is 3.29. The Balaban J connectivity index is 1.74. The summed E-state index contributed by atoms with van der Waals surface area (Å²) < 4.78 is 13.6. The molecule has 0 bridgehead atoms. The Morgan fingerprint density at radius 2 is 1.91 bits per heavy atom. The molecule has 172 valence electrons. The molecule has 7 nitrogen and oxygen atoms in total. The van der Waals surface area contributed by atoms with Crippen LogP contribution in [0, 0.1) is 21.8 Å². The third kappa shape index (κ3) is 3.21. The minimum atomic E-state index is -1.39. The zero-order valence-electron chi connectivity index (χ0n) is 18.0. The predicted molar refractivity (Wildman–Crippen MR) is 124 cm³/mol. The second-order valence-corrected chi connectivity index (χ2v) is 9.03. The number of benzene rings is 3. The quantitative estimate of drug-likeness (QED) is 0.331. The van der Waals surface area contributed by atoms with Gasteiger partial charge in [0.25, 0.3) is 5.69 Å². The molecule has 9 heteroatoms. The van der Waals surface area contributed by atoms with E-state index in [4.69, 9.17) is 11.6 Å². The van der Waals surface area contributed by atoms with Gasteiger partial charge < -0.3 is 5.32 Å². The number of Topliss-reactive ketones (excluding diaryl/α,β-unsaturated/α-hetero) is 1. The van der Waals surface area contributed by atoms with Crippen LogP contribution < -0.4 is 5.32 Å². The van der Waals surface area contributed by atoms with Gasteiger partial charge in [0.05, 0.1) is 10.8 Å². The van der Waals surface area contributed by atoms with Gasteiger partial charge in [-0.1, -0.05) is 23.7 Å². The van der Waals surface area contributed by atoms with Crippen molar-refractivity contribution in [1.29, 1.82) is 0 Å². The number of rotatable bonds is 4. The lowest BCUT2D eigenvalue weighted by Gasteiger charge is -2.35. The first-order valence-electron chi connectivity index (χ1n) is 10.6. The summed E-state index contributed by atoms with van der Waals surface area (Å²) in [6.45, 7) is 0.290. The van der Waals surface area contributed by atoms with Crippen molar-refractivity contribution in [2.24, 2.45) is 5.92 Å². The molecule has 2 aliphatic heterocycles. The van der Waals surface area contributed by atoms with Crippen molar-refractivity contribution >= 4 is 34.7 Å². The molecule has 1 spiro atoms. The molecule has 3 atom stereocenters. The molecule has 0 saturated carbocycles. The molecule has 0 radical (unpaired) electrons. The third-order valence-corrected chi connectivity index (χ3v) is 7.07. The topological polar surface area (TPSA) is 92.5 Å². The SMILES string of the molecule is CN1C[C@H](c2cccc([N+](=O)[O-])c2)C(C(=O)c2ccc(F)cc2)[C@]12C(=O)Nc1ccc(Cl)cc12. The lowest BCUT2D eigenvalue weighted by atomic mass is 9.70. The van der Waals surface area contributed by atoms with Crippen molar-refractivity contribution in [1.82, 2.24) is 4.90 Å². The fourth-order valence-electron chi connectivity index (χ4n) is 5.37. The number of nitrogens with zero attached hydrogens (tertiary/aromatic N) is 2. The number of nitro benzene ring substituents is 1. The number of likely N-dealkylation sites (N-methyl/N-ethyl adjacent to an activating group) is 1. The first-order chi connectivity index (χ1) is 16.2. The molecule has 5 rings (SSSR count). The monoisotopic (exact) mass is 479 g/mol. The van der Waals surface area contributed by atoms with E-state index in [1.165, 1.54) is 36.4 Å². The second kappa shape index (κ2) is 8.00. The highest BCUT2D eigenvalue weighted by Crippen LogP contribution is 2.56. The maximum Gasteiger partial charge on any atom is 0.269 e. The van der Waals surface area contributed by atoms with Gasteiger partial charge in [-0.2, -0.15) is 0 Å². The van der Waals surface area contributed by atoms with E-state index < -0.39 is 28.1 Å². The normalized spacial score (nSPS) is 23.7. The van der Waals surface area contributed by atoms with E-state index in [-0.39, 0.29) is 29.5 Å². The van der Waals surface area contributed by atoms with Crippen molar-refractivity contribution in [3.05, 3.63) is 104 Å². The zero-order valence-corrected chi connectivity index (χ0v) is 18.8. The fourth-order valence-corrected chi connectivity index (χ4v) is 5.55. The van der Waals surface area contributed by atoms with Crippen LogP contribution in [0.25, 0.3) is 0 Å². The van der Waals surface area contributed by atoms with Gasteiger partial charge in [-0.3, -0.25) is 24.6 Å². The summed E-state index contributed by atoms with van der Waals surface area (Å²) in [5.74, 6) is -2.70. The van der Waals surface area contributed by atoms with Crippen molar-refractivity contribution in [3.63, 3.8) is 0 Å². The molecule has 1 unspecified atom stereocenters. The van der Waals surface area contributed by atoms with E-state index in [1.54, 1.807) is 42.3 Å². The van der Waals surface area contributed by atoms with Crippen molar-refractivity contribution in [2.45, 2.75) is 11.5 Å². The molecule has 2 heterocycles. The van der Waals surface area contributed by atoms with Crippen LogP contribution in [0.4, 0.5) is 15.8 Å². The molecule has 1 fully saturated rings. The molecule has 2 aliphatic rings. The summed E-state index contributed by atoms with van der Waals surface area (Å²) in [6, 6.07) is 16.3. The number of hydrogen-bond donors (Lipinski definition) is 1. The van der Waals surface area contributed by atoms with Gasteiger partial charge >= 0.3 is 0 Å². The standard InChI is InChI=1S/C25H19ClFN3O4/c1-29-13-19(15-3-2-4-18(11-15)30(33)34)22(23(31)14-5-8-17(27)9-6-14)25(29)20-12-16(26)7-10-21(20)28-24(25)32/h2-12,19,22H,13H2,1H3,(H,28,32)/t19-,22?,25-/m1/s1. The second-order valence-electron chi connectivity index (χ2n) is 8.60. The van der Waals surface area contributed by atoms with Gasteiger partial charge in [-0.25, -0.2) is 4.39 Å². The number of amides is 1. The minimum absolute atomic E-state index is 0.103. The van der Waals surface area contributed by atoms with Gasteiger partial charge in [0.2, 0.25) is 5.91 Å². The molecule has 1 amide bonds. The Labute approximate surface area is 199 Å². The summed E-state index contributed by atoms with van der Waals surface area (Å²) >= 11 is 6.29. The number of anilines is 1. The van der Waals surface area contributed by atoms with Crippen LogP contribution in [0.5, 0.6) is 0 Å². The molecule has 3 aromatic rings. The van der Waals surface area contributed by atoms with Crippen LogP contribution in [-0.2, 0) is 10.3 Å². The van der Waals surface area contributed by atoms with E-state index in [0.717, 1.165) is 0 Å². The number of carbonyl (C=O) groups excluding carboxylic acids is 2. The fraction of sp³-hybridized carbons (Fsp3) is 0.200. The molecule has 0 aromatic heterocycles. The first kappa shape index (κ1) is 22.2. The number of carbonyl (C=O) groups is 2. The summed E-state index contributed by atoms with van der Waals surface area (Å²) in [7, 11) is 1.75. The van der Waals surface area contributed by atoms with Crippen LogP contribution in [0.2, 0.25) is 5.02 Å². The summed E-state index contributed by atoms with van der Waals surface area (Å²) in [5.41, 5.74) is 0.453. The van der Waals surface area contributed by atoms with Crippen LogP contribution in [0.1, 0.15) is 27.4 Å². The van der Waals surface area contributed by atoms with Gasteiger partial charge in [-0.15, -0.1) is 0 Å². The number of likely N-dealkylation sites (tertiary alicyclic amines) is 1. The average molecular weight is 480 g/mol. The number of nitrogens with one attached hydrogen (secondary N) is 1. The van der Waals surface area contributed by atoms with Gasteiger partial charge in [0.15, 0.2) is 5.78 Å². The molecule has 1 saturated heterocycles. The number of fused-ring (bicyclic) bond motifs is 2. The maximum absolute atomic E-state index is 14.0. The summed E-state index contributed by atoms with van der Waals surface area (Å²) in [5, 5.41) is 14.7. The number of non-ortho nitro benzene ring substituents is 1. The van der Waals surface area contributed by atoms with E-state index in [1.807, 2.05) is 0 Å². The van der Waals surface area contributed by atoms with Crippen LogP contribution >= 0.6 is 11.6 Å². The Bertz CT molecular complexity index is 1350. The highest BCUT2D eigenvalue weighted by molar-refractivity contribution is 6.31. The number of nitro groups is 1. The highest BCUT2D eigenvalue weighted by atomic mass is 35.5. The molecule has 1 N–H and O–H groups in total. The maximum atomic E-state index is 14.0. The Kier molecular flexibility index (Phi) is 5.22. The first-order valence-corrected chi connectivity index (χ1v) is 11.0. The Hall–Kier alpha value is -3.62. The van der Waals surface area contributed by atoms with E-state index in [2.05, 4.69) is 5.32 Å². The molecule has 34 heavy (non-hydrogen) atoms. The summed E-state index contributed by atoms with van der Waals surface area (Å²) in [6.07, 6.45) is 0. The van der Waals surface area contributed by atoms with E-state index in [9.17, 15) is 24.1 Å². The molecular weight excluding hydrogens is 461 g/mol. The third-order valence-electron chi connectivity index (χ3n) is 6.83. The van der Waals surface area contributed by atoms with Gasteiger partial charge in [0.1, 0.15) is 11.4 Å².